The molecule has 6 nitrogen and oxygen atoms in total. The van der Waals surface area contributed by atoms with Crippen molar-refractivity contribution >= 4 is 10.8 Å². The van der Waals surface area contributed by atoms with Gasteiger partial charge in [-0.1, -0.05) is 12.1 Å². The Bertz CT molecular complexity index is 905. The van der Waals surface area contributed by atoms with E-state index in [1.165, 1.54) is 37.7 Å². The fraction of sp³-hybridized carbons (Fsp3) is 0.786. The average Bonchev–Trinajstić information content (AvgIpc) is 3.24. The summed E-state index contributed by atoms with van der Waals surface area (Å²) >= 11 is 0. The van der Waals surface area contributed by atoms with Crippen molar-refractivity contribution < 1.29 is 23.5 Å². The quantitative estimate of drug-likeness (QED) is 0.549. The SMILES string of the molecule is O=S1CCN(CCOc2ccc(C3CCC4(CC3)OOC3(O4)C4CC5CC(C4)CC3C5)cc2)CC1. The summed E-state index contributed by atoms with van der Waals surface area (Å²) in [6, 6.07) is 8.68. The number of ether oxygens (including phenoxy) is 2. The number of hydrogen-bond donors (Lipinski definition) is 0. The van der Waals surface area contributed by atoms with Crippen molar-refractivity contribution in [1.29, 1.82) is 0 Å². The lowest BCUT2D eigenvalue weighted by molar-refractivity contribution is -0.390. The van der Waals surface area contributed by atoms with Crippen LogP contribution in [0.5, 0.6) is 5.75 Å². The van der Waals surface area contributed by atoms with E-state index in [4.69, 9.17) is 19.2 Å². The highest BCUT2D eigenvalue weighted by atomic mass is 32.2. The lowest BCUT2D eigenvalue weighted by atomic mass is 9.53. The number of nitrogens with zero attached hydrogens (tertiary/aromatic N) is 1. The molecule has 1 aromatic rings. The minimum atomic E-state index is -0.620. The van der Waals surface area contributed by atoms with Crippen molar-refractivity contribution in [1.82, 2.24) is 4.90 Å². The predicted molar refractivity (Wildman–Crippen MR) is 133 cm³/mol. The third kappa shape index (κ3) is 4.29. The first-order valence-corrected chi connectivity index (χ1v) is 15.5. The van der Waals surface area contributed by atoms with Gasteiger partial charge in [0.25, 0.3) is 0 Å². The fourth-order valence-electron chi connectivity index (χ4n) is 8.21. The van der Waals surface area contributed by atoms with Crippen LogP contribution in [0.25, 0.3) is 0 Å². The normalized spacial score (nSPS) is 43.4. The molecule has 5 saturated carbocycles. The second kappa shape index (κ2) is 9.09. The summed E-state index contributed by atoms with van der Waals surface area (Å²) in [4.78, 5) is 14.6. The van der Waals surface area contributed by atoms with E-state index < -0.39 is 22.4 Å². The summed E-state index contributed by atoms with van der Waals surface area (Å²) in [6.45, 7) is 3.41. The molecule has 0 unspecified atom stereocenters. The Labute approximate surface area is 211 Å². The van der Waals surface area contributed by atoms with Crippen LogP contribution in [0, 0.1) is 23.7 Å². The third-order valence-corrected chi connectivity index (χ3v) is 11.3. The summed E-state index contributed by atoms with van der Waals surface area (Å²) in [5, 5.41) is 0. The molecule has 0 N–H and O–H groups in total. The molecular weight excluding hydrogens is 462 g/mol. The summed E-state index contributed by atoms with van der Waals surface area (Å²) in [5.41, 5.74) is 1.38. The molecule has 0 aromatic heterocycles. The summed E-state index contributed by atoms with van der Waals surface area (Å²) in [5.74, 6) is 4.92. The van der Waals surface area contributed by atoms with Crippen LogP contribution in [-0.4, -0.2) is 58.4 Å². The van der Waals surface area contributed by atoms with Gasteiger partial charge in [0.1, 0.15) is 12.4 Å². The molecule has 2 aliphatic heterocycles. The molecule has 0 atom stereocenters. The van der Waals surface area contributed by atoms with Crippen LogP contribution in [0.1, 0.15) is 69.3 Å². The van der Waals surface area contributed by atoms with Crippen molar-refractivity contribution in [2.45, 2.75) is 75.3 Å². The minimum absolute atomic E-state index is 0.454. The molecule has 192 valence electrons. The molecule has 8 rings (SSSR count). The Kier molecular flexibility index (Phi) is 6.01. The van der Waals surface area contributed by atoms with Gasteiger partial charge in [0.2, 0.25) is 11.6 Å². The first-order valence-electron chi connectivity index (χ1n) is 14.0. The van der Waals surface area contributed by atoms with Crippen molar-refractivity contribution in [2.24, 2.45) is 23.7 Å². The standard InChI is InChI=1S/C28H39NO5S/c30-35-13-10-29(11-14-35)9-12-31-26-3-1-22(2-4-26)23-5-7-27(8-6-23)32-28(34-33-27)24-16-20-15-21(18-24)19-25(28)17-20/h1-4,20-21,23-25H,5-19H2. The van der Waals surface area contributed by atoms with E-state index in [1.54, 1.807) is 0 Å². The van der Waals surface area contributed by atoms with Crippen LogP contribution in [0.3, 0.4) is 0 Å². The molecule has 2 heterocycles. The summed E-state index contributed by atoms with van der Waals surface area (Å²) in [7, 11) is -0.620. The molecule has 7 aliphatic rings. The highest BCUT2D eigenvalue weighted by Crippen LogP contribution is 2.64. The fourth-order valence-corrected chi connectivity index (χ4v) is 9.34. The van der Waals surface area contributed by atoms with Gasteiger partial charge in [0.05, 0.1) is 0 Å². The van der Waals surface area contributed by atoms with Gasteiger partial charge in [0.15, 0.2) is 0 Å². The number of rotatable bonds is 5. The van der Waals surface area contributed by atoms with Gasteiger partial charge < -0.3 is 9.47 Å². The molecule has 2 saturated heterocycles. The van der Waals surface area contributed by atoms with Gasteiger partial charge in [-0.2, -0.15) is 9.78 Å². The predicted octanol–water partition coefficient (Wildman–Crippen LogP) is 4.61. The first kappa shape index (κ1) is 23.2. The Hall–Kier alpha value is -0.990. The van der Waals surface area contributed by atoms with Gasteiger partial charge in [-0.15, -0.1) is 0 Å². The lowest BCUT2D eigenvalue weighted by Gasteiger charge is -2.57. The smallest absolute Gasteiger partial charge is 0.210 e. The Morgan fingerprint density at radius 1 is 0.914 bits per heavy atom. The zero-order valence-electron chi connectivity index (χ0n) is 20.7. The molecule has 5 aliphatic carbocycles. The van der Waals surface area contributed by atoms with Gasteiger partial charge >= 0.3 is 0 Å². The third-order valence-electron chi connectivity index (χ3n) is 9.99. The Balaban J connectivity index is 0.915. The van der Waals surface area contributed by atoms with E-state index >= 15 is 0 Å². The average molecular weight is 502 g/mol. The van der Waals surface area contributed by atoms with E-state index in [-0.39, 0.29) is 0 Å². The topological polar surface area (TPSA) is 57.2 Å². The first-order chi connectivity index (χ1) is 17.1. The van der Waals surface area contributed by atoms with E-state index in [1.807, 2.05) is 0 Å². The molecule has 2 spiro atoms. The van der Waals surface area contributed by atoms with E-state index in [2.05, 4.69) is 29.2 Å². The second-order valence-electron chi connectivity index (χ2n) is 12.1. The van der Waals surface area contributed by atoms with Crippen LogP contribution in [0.2, 0.25) is 0 Å². The molecule has 35 heavy (non-hydrogen) atoms. The Morgan fingerprint density at radius 3 is 2.23 bits per heavy atom. The van der Waals surface area contributed by atoms with Crippen molar-refractivity contribution in [3.8, 4) is 5.75 Å². The molecule has 7 fully saturated rings. The zero-order valence-corrected chi connectivity index (χ0v) is 21.5. The largest absolute Gasteiger partial charge is 0.492 e. The van der Waals surface area contributed by atoms with Gasteiger partial charge in [0, 0.05) is 66.6 Å². The molecule has 4 bridgehead atoms. The van der Waals surface area contributed by atoms with Crippen molar-refractivity contribution in [2.75, 3.05) is 37.7 Å². The number of hydrogen-bond acceptors (Lipinski definition) is 6. The summed E-state index contributed by atoms with van der Waals surface area (Å²) in [6.07, 6.45) is 10.4. The molecule has 7 heteroatoms. The van der Waals surface area contributed by atoms with Crippen LogP contribution < -0.4 is 4.74 Å². The van der Waals surface area contributed by atoms with Gasteiger partial charge in [-0.3, -0.25) is 9.11 Å². The monoisotopic (exact) mass is 501 g/mol. The summed E-state index contributed by atoms with van der Waals surface area (Å²) < 4.78 is 24.4. The van der Waals surface area contributed by atoms with Crippen molar-refractivity contribution in [3.63, 3.8) is 0 Å². The van der Waals surface area contributed by atoms with Crippen molar-refractivity contribution in [3.05, 3.63) is 29.8 Å². The van der Waals surface area contributed by atoms with Crippen LogP contribution >= 0.6 is 0 Å². The van der Waals surface area contributed by atoms with E-state index in [9.17, 15) is 4.21 Å². The molecule has 0 radical (unpaired) electrons. The van der Waals surface area contributed by atoms with E-state index in [0.29, 0.717) is 24.4 Å². The van der Waals surface area contributed by atoms with Gasteiger partial charge in [-0.05, 0) is 80.4 Å². The molecule has 0 amide bonds. The highest BCUT2D eigenvalue weighted by Gasteiger charge is 2.66. The van der Waals surface area contributed by atoms with Crippen LogP contribution in [0.15, 0.2) is 24.3 Å². The highest BCUT2D eigenvalue weighted by molar-refractivity contribution is 7.85. The maximum Gasteiger partial charge on any atom is 0.210 e. The lowest BCUT2D eigenvalue weighted by Crippen LogP contribution is -2.59. The maximum atomic E-state index is 11.5. The molecule has 1 aromatic carbocycles. The van der Waals surface area contributed by atoms with E-state index in [0.717, 1.165) is 74.4 Å². The Morgan fingerprint density at radius 2 is 1.57 bits per heavy atom. The minimum Gasteiger partial charge on any atom is -0.492 e. The zero-order chi connectivity index (χ0) is 23.5. The molecular formula is C28H39NO5S. The van der Waals surface area contributed by atoms with Crippen LogP contribution in [-0.2, 0) is 25.3 Å². The van der Waals surface area contributed by atoms with Gasteiger partial charge in [-0.25, -0.2) is 0 Å². The maximum absolute atomic E-state index is 11.5. The van der Waals surface area contributed by atoms with Crippen LogP contribution in [0.4, 0.5) is 0 Å². The number of benzene rings is 1. The second-order valence-corrected chi connectivity index (χ2v) is 13.8.